The minimum Gasteiger partial charge on any atom is -0.462 e. The van der Waals surface area contributed by atoms with Gasteiger partial charge in [0.2, 0.25) is 5.91 Å². The monoisotopic (exact) mass is 317 g/mol. The molecule has 1 aromatic rings. The summed E-state index contributed by atoms with van der Waals surface area (Å²) in [6.45, 7) is 5.00. The SMILES string of the molecule is CCOC(=O)c1cc(C)[nH+]c(N2CCC(C(N)=O)CC2)c1C#N. The van der Waals surface area contributed by atoms with E-state index in [2.05, 4.69) is 11.1 Å². The molecule has 1 fully saturated rings. The van der Waals surface area contributed by atoms with E-state index in [0.29, 0.717) is 31.7 Å². The van der Waals surface area contributed by atoms with E-state index >= 15 is 0 Å². The van der Waals surface area contributed by atoms with Gasteiger partial charge in [0.05, 0.1) is 31.0 Å². The molecule has 0 aliphatic carbocycles. The van der Waals surface area contributed by atoms with Crippen LogP contribution in [-0.2, 0) is 9.53 Å². The summed E-state index contributed by atoms with van der Waals surface area (Å²) in [5.74, 6) is -0.329. The lowest BCUT2D eigenvalue weighted by Gasteiger charge is -2.26. The molecule has 3 N–H and O–H groups in total. The second-order valence-electron chi connectivity index (χ2n) is 5.59. The lowest BCUT2D eigenvalue weighted by atomic mass is 9.95. The van der Waals surface area contributed by atoms with Crippen LogP contribution in [0.4, 0.5) is 5.82 Å². The molecule has 0 bridgehead atoms. The van der Waals surface area contributed by atoms with Gasteiger partial charge in [0.15, 0.2) is 5.56 Å². The van der Waals surface area contributed by atoms with Crippen LogP contribution in [0.25, 0.3) is 0 Å². The third-order valence-electron chi connectivity index (χ3n) is 4.00. The summed E-state index contributed by atoms with van der Waals surface area (Å²) >= 11 is 0. The molecule has 7 heteroatoms. The Morgan fingerprint density at radius 1 is 1.48 bits per heavy atom. The van der Waals surface area contributed by atoms with E-state index in [1.807, 2.05) is 11.8 Å². The third kappa shape index (κ3) is 3.59. The number of H-pyrrole nitrogens is 1. The van der Waals surface area contributed by atoms with Crippen molar-refractivity contribution in [3.05, 3.63) is 22.9 Å². The summed E-state index contributed by atoms with van der Waals surface area (Å²) in [7, 11) is 0. The number of aromatic amines is 1. The van der Waals surface area contributed by atoms with Crippen molar-refractivity contribution in [3.8, 4) is 6.07 Å². The number of nitriles is 1. The molecular weight excluding hydrogens is 296 g/mol. The van der Waals surface area contributed by atoms with Crippen LogP contribution < -0.4 is 15.6 Å². The lowest BCUT2D eigenvalue weighted by molar-refractivity contribution is -0.374. The van der Waals surface area contributed by atoms with Crippen molar-refractivity contribution in [3.63, 3.8) is 0 Å². The number of nitrogens with one attached hydrogen (secondary N) is 1. The highest BCUT2D eigenvalue weighted by molar-refractivity contribution is 5.93. The fourth-order valence-corrected chi connectivity index (χ4v) is 2.81. The molecule has 0 atom stereocenters. The zero-order chi connectivity index (χ0) is 17.0. The second kappa shape index (κ2) is 7.09. The fourth-order valence-electron chi connectivity index (χ4n) is 2.81. The van der Waals surface area contributed by atoms with E-state index in [1.165, 1.54) is 0 Å². The summed E-state index contributed by atoms with van der Waals surface area (Å²) in [6, 6.07) is 3.72. The van der Waals surface area contributed by atoms with Crippen molar-refractivity contribution in [1.82, 2.24) is 0 Å². The predicted molar refractivity (Wildman–Crippen MR) is 82.5 cm³/mol. The molecule has 0 unspecified atom stereocenters. The number of ether oxygens (including phenoxy) is 1. The van der Waals surface area contributed by atoms with E-state index in [0.717, 1.165) is 5.69 Å². The number of aryl methyl sites for hydroxylation is 1. The molecule has 0 spiro atoms. The Labute approximate surface area is 135 Å². The molecule has 1 amide bonds. The Kier molecular flexibility index (Phi) is 5.16. The van der Waals surface area contributed by atoms with E-state index in [9.17, 15) is 14.9 Å². The Hall–Kier alpha value is -2.62. The molecule has 1 aromatic heterocycles. The maximum atomic E-state index is 12.1. The lowest BCUT2D eigenvalue weighted by Crippen LogP contribution is -2.41. The van der Waals surface area contributed by atoms with Crippen molar-refractivity contribution in [2.45, 2.75) is 26.7 Å². The topological polar surface area (TPSA) is 111 Å². The van der Waals surface area contributed by atoms with Gasteiger partial charge in [-0.25, -0.2) is 9.78 Å². The first kappa shape index (κ1) is 16.7. The summed E-state index contributed by atoms with van der Waals surface area (Å²) < 4.78 is 5.03. The second-order valence-corrected chi connectivity index (χ2v) is 5.59. The van der Waals surface area contributed by atoms with Crippen LogP contribution in [0.3, 0.4) is 0 Å². The van der Waals surface area contributed by atoms with E-state index in [4.69, 9.17) is 10.5 Å². The van der Waals surface area contributed by atoms with Crippen LogP contribution in [0.1, 0.15) is 41.4 Å². The van der Waals surface area contributed by atoms with Gasteiger partial charge in [-0.15, -0.1) is 0 Å². The number of carbonyl (C=O) groups is 2. The average Bonchev–Trinajstić information content (AvgIpc) is 2.54. The van der Waals surface area contributed by atoms with E-state index < -0.39 is 5.97 Å². The minimum atomic E-state index is -0.505. The van der Waals surface area contributed by atoms with Gasteiger partial charge in [0, 0.05) is 5.92 Å². The molecule has 2 rings (SSSR count). The number of anilines is 1. The molecule has 2 heterocycles. The first-order valence-corrected chi connectivity index (χ1v) is 7.66. The van der Waals surface area contributed by atoms with Gasteiger partial charge in [0.1, 0.15) is 6.07 Å². The number of nitrogens with two attached hydrogens (primary N) is 1. The number of rotatable bonds is 4. The van der Waals surface area contributed by atoms with Gasteiger partial charge in [-0.05, 0) is 32.8 Å². The first-order valence-electron chi connectivity index (χ1n) is 7.66. The van der Waals surface area contributed by atoms with Crippen LogP contribution in [-0.4, -0.2) is 31.6 Å². The van der Waals surface area contributed by atoms with Crippen LogP contribution >= 0.6 is 0 Å². The quantitative estimate of drug-likeness (QED) is 0.816. The Morgan fingerprint density at radius 3 is 2.65 bits per heavy atom. The highest BCUT2D eigenvalue weighted by atomic mass is 16.5. The number of aromatic nitrogens is 1. The molecule has 1 saturated heterocycles. The Bertz CT molecular complexity index is 658. The molecule has 0 saturated carbocycles. The average molecular weight is 317 g/mol. The van der Waals surface area contributed by atoms with Crippen LogP contribution in [0.2, 0.25) is 0 Å². The number of hydrogen-bond acceptors (Lipinski definition) is 5. The third-order valence-corrected chi connectivity index (χ3v) is 4.00. The van der Waals surface area contributed by atoms with Crippen LogP contribution in [0, 0.1) is 24.2 Å². The summed E-state index contributed by atoms with van der Waals surface area (Å²) in [4.78, 5) is 28.5. The number of carbonyl (C=O) groups excluding carboxylic acids is 2. The summed E-state index contributed by atoms with van der Waals surface area (Å²) in [5, 5.41) is 9.50. The molecule has 1 aliphatic heterocycles. The number of piperidine rings is 1. The maximum Gasteiger partial charge on any atom is 0.339 e. The van der Waals surface area contributed by atoms with Gasteiger partial charge >= 0.3 is 5.97 Å². The number of pyridine rings is 1. The number of hydrogen-bond donors (Lipinski definition) is 1. The number of nitrogens with zero attached hydrogens (tertiary/aromatic N) is 2. The maximum absolute atomic E-state index is 12.1. The largest absolute Gasteiger partial charge is 0.462 e. The van der Waals surface area contributed by atoms with Crippen molar-refractivity contribution in [2.24, 2.45) is 11.7 Å². The molecule has 7 nitrogen and oxygen atoms in total. The number of amides is 1. The van der Waals surface area contributed by atoms with Crippen molar-refractivity contribution in [1.29, 1.82) is 5.26 Å². The molecule has 0 aromatic carbocycles. The Balaban J connectivity index is 2.34. The van der Waals surface area contributed by atoms with Gasteiger partial charge in [-0.1, -0.05) is 0 Å². The van der Waals surface area contributed by atoms with Gasteiger partial charge in [-0.3, -0.25) is 9.69 Å². The highest BCUT2D eigenvalue weighted by Gasteiger charge is 2.32. The van der Waals surface area contributed by atoms with Gasteiger partial charge in [0.25, 0.3) is 5.82 Å². The Morgan fingerprint density at radius 2 is 2.13 bits per heavy atom. The fraction of sp³-hybridized carbons (Fsp3) is 0.500. The first-order chi connectivity index (χ1) is 11.0. The smallest absolute Gasteiger partial charge is 0.339 e. The molecular formula is C16H21N4O3+. The van der Waals surface area contributed by atoms with E-state index in [-0.39, 0.29) is 29.6 Å². The number of esters is 1. The summed E-state index contributed by atoms with van der Waals surface area (Å²) in [6.07, 6.45) is 1.27. The number of primary amides is 1. The minimum absolute atomic E-state index is 0.133. The molecule has 122 valence electrons. The summed E-state index contributed by atoms with van der Waals surface area (Å²) in [5.41, 5.74) is 6.64. The zero-order valence-electron chi connectivity index (χ0n) is 13.4. The van der Waals surface area contributed by atoms with Crippen LogP contribution in [0.15, 0.2) is 6.07 Å². The van der Waals surface area contributed by atoms with Crippen molar-refractivity contribution >= 4 is 17.7 Å². The normalized spacial score (nSPS) is 15.1. The van der Waals surface area contributed by atoms with Crippen molar-refractivity contribution in [2.75, 3.05) is 24.6 Å². The standard InChI is InChI=1S/C16H20N4O3/c1-3-23-16(22)12-8-10(2)19-15(13(12)9-17)20-6-4-11(5-7-20)14(18)21/h8,11H,3-7H2,1-2H3,(H2,18,21)/p+1. The molecule has 1 aliphatic rings. The zero-order valence-corrected chi connectivity index (χ0v) is 13.4. The van der Waals surface area contributed by atoms with Crippen LogP contribution in [0.5, 0.6) is 0 Å². The van der Waals surface area contributed by atoms with Crippen molar-refractivity contribution < 1.29 is 19.3 Å². The predicted octanol–water partition coefficient (Wildman–Crippen LogP) is 0.559. The van der Waals surface area contributed by atoms with Gasteiger partial charge < -0.3 is 10.5 Å². The van der Waals surface area contributed by atoms with E-state index in [1.54, 1.807) is 13.0 Å². The molecule has 0 radical (unpaired) electrons. The highest BCUT2D eigenvalue weighted by Crippen LogP contribution is 2.25. The van der Waals surface area contributed by atoms with Gasteiger partial charge in [-0.2, -0.15) is 5.26 Å². The molecule has 23 heavy (non-hydrogen) atoms.